The smallest absolute Gasteiger partial charge is 0.340 e. The summed E-state index contributed by atoms with van der Waals surface area (Å²) in [6.07, 6.45) is -1.54. The predicted octanol–water partition coefficient (Wildman–Crippen LogP) is 2.40. The van der Waals surface area contributed by atoms with E-state index < -0.39 is 28.7 Å². The summed E-state index contributed by atoms with van der Waals surface area (Å²) in [5.41, 5.74) is 3.28. The zero-order valence-corrected chi connectivity index (χ0v) is 17.9. The van der Waals surface area contributed by atoms with Gasteiger partial charge in [-0.2, -0.15) is 0 Å². The van der Waals surface area contributed by atoms with Gasteiger partial charge in [0.05, 0.1) is 44.7 Å². The van der Waals surface area contributed by atoms with Crippen LogP contribution < -0.4 is 5.56 Å². The summed E-state index contributed by atoms with van der Waals surface area (Å²) in [5, 5.41) is 10.9. The molecule has 0 fully saturated rings. The fraction of sp³-hybridized carbons (Fsp3) is 0.318. The number of aliphatic hydroxyl groups is 1. The Morgan fingerprint density at radius 3 is 2.71 bits per heavy atom. The van der Waals surface area contributed by atoms with Gasteiger partial charge in [-0.1, -0.05) is 6.92 Å². The summed E-state index contributed by atoms with van der Waals surface area (Å²) in [7, 11) is -1.39. The number of fused-ring (bicyclic) bond motifs is 5. The van der Waals surface area contributed by atoms with Crippen LogP contribution in [0.4, 0.5) is 4.39 Å². The Bertz CT molecular complexity index is 1410. The van der Waals surface area contributed by atoms with E-state index in [1.165, 1.54) is 10.6 Å². The monoisotopic (exact) mass is 442 g/mol. The van der Waals surface area contributed by atoms with E-state index in [0.29, 0.717) is 38.5 Å². The number of hydrogen-bond acceptors (Lipinski definition) is 6. The highest BCUT2D eigenvalue weighted by atomic mass is 32.2. The highest BCUT2D eigenvalue weighted by Crippen LogP contribution is 2.39. The molecule has 0 spiro atoms. The molecule has 0 bridgehead atoms. The van der Waals surface area contributed by atoms with Crippen LogP contribution in [0.5, 0.6) is 0 Å². The molecule has 2 aliphatic rings. The quantitative estimate of drug-likeness (QED) is 0.479. The maximum atomic E-state index is 14.7. The van der Waals surface area contributed by atoms with Crippen molar-refractivity contribution >= 4 is 27.7 Å². The van der Waals surface area contributed by atoms with Crippen LogP contribution >= 0.6 is 0 Å². The molecular weight excluding hydrogens is 423 g/mol. The molecule has 2 aromatic heterocycles. The molecule has 2 atom stereocenters. The lowest BCUT2D eigenvalue weighted by atomic mass is 9.98. The van der Waals surface area contributed by atoms with Crippen molar-refractivity contribution in [3.63, 3.8) is 0 Å². The lowest BCUT2D eigenvalue weighted by Gasteiger charge is -2.21. The number of aryl methyl sites for hydroxylation is 1. The largest absolute Gasteiger partial charge is 0.458 e. The first-order chi connectivity index (χ1) is 14.7. The van der Waals surface area contributed by atoms with E-state index in [9.17, 15) is 23.3 Å². The fourth-order valence-corrected chi connectivity index (χ4v) is 5.68. The number of hydrogen-bond donors (Lipinski definition) is 1. The molecule has 7 nitrogen and oxygen atoms in total. The van der Waals surface area contributed by atoms with Gasteiger partial charge in [-0.05, 0) is 25.5 Å². The van der Waals surface area contributed by atoms with Crippen molar-refractivity contribution in [3.8, 4) is 11.4 Å². The van der Waals surface area contributed by atoms with E-state index in [-0.39, 0.29) is 29.8 Å². The molecular formula is C22H19FN2O5S. The zero-order chi connectivity index (χ0) is 22.2. The van der Waals surface area contributed by atoms with Crippen LogP contribution in [-0.4, -0.2) is 30.6 Å². The van der Waals surface area contributed by atoms with Crippen LogP contribution in [0.2, 0.25) is 0 Å². The van der Waals surface area contributed by atoms with Gasteiger partial charge in [-0.15, -0.1) is 0 Å². The van der Waals surface area contributed by atoms with Gasteiger partial charge in [0, 0.05) is 33.9 Å². The van der Waals surface area contributed by atoms with Crippen LogP contribution in [0.1, 0.15) is 40.8 Å². The minimum Gasteiger partial charge on any atom is -0.458 e. The number of rotatable bonds is 2. The molecule has 0 amide bonds. The highest BCUT2D eigenvalue weighted by Gasteiger charge is 2.34. The van der Waals surface area contributed by atoms with Gasteiger partial charge >= 0.3 is 5.97 Å². The minimum atomic E-state index is -1.54. The number of aliphatic hydroxyl groups excluding tert-OH is 1. The number of ether oxygens (including phenoxy) is 1. The summed E-state index contributed by atoms with van der Waals surface area (Å²) >= 11 is 0. The van der Waals surface area contributed by atoms with Gasteiger partial charge in [0.25, 0.3) is 5.56 Å². The van der Waals surface area contributed by atoms with Gasteiger partial charge in [0.15, 0.2) is 6.10 Å². The van der Waals surface area contributed by atoms with Crippen molar-refractivity contribution in [2.45, 2.75) is 44.9 Å². The minimum absolute atomic E-state index is 0.195. The van der Waals surface area contributed by atoms with E-state index >= 15 is 0 Å². The number of carbonyl (C=O) groups is 1. The molecule has 0 saturated heterocycles. The Hall–Kier alpha value is -2.91. The number of pyridine rings is 2. The van der Waals surface area contributed by atoms with Gasteiger partial charge in [0.2, 0.25) is 0 Å². The molecule has 1 N–H and O–H groups in total. The van der Waals surface area contributed by atoms with Crippen LogP contribution in [-0.2, 0) is 33.5 Å². The Labute approximate surface area is 178 Å². The molecule has 2 aliphatic heterocycles. The molecule has 9 heteroatoms. The average molecular weight is 442 g/mol. The van der Waals surface area contributed by atoms with Crippen molar-refractivity contribution in [2.24, 2.45) is 0 Å². The summed E-state index contributed by atoms with van der Waals surface area (Å²) in [6.45, 7) is 5.28. The van der Waals surface area contributed by atoms with Crippen molar-refractivity contribution in [1.29, 1.82) is 0 Å². The number of cyclic esters (lactones) is 1. The molecule has 0 saturated carbocycles. The number of nitrogens with zero attached hydrogens (tertiary/aromatic N) is 2. The van der Waals surface area contributed by atoms with E-state index in [1.54, 1.807) is 19.9 Å². The number of halogens is 1. The Morgan fingerprint density at radius 2 is 2.00 bits per heavy atom. The van der Waals surface area contributed by atoms with E-state index in [2.05, 4.69) is 4.98 Å². The molecule has 0 aliphatic carbocycles. The standard InChI is InChI=1S/C22H19FN2O5S/c1-4-31(29)20-10(3)14(23)6-15-17(20)9(2)12-7-25-16(18(12)24-15)5-11-13(21(25)27)8-30-22(28)19(11)26/h5-6,19,26H,4,7-8H2,1-3H3. The second kappa shape index (κ2) is 6.80. The summed E-state index contributed by atoms with van der Waals surface area (Å²) < 4.78 is 33.8. The zero-order valence-electron chi connectivity index (χ0n) is 17.1. The van der Waals surface area contributed by atoms with Gasteiger partial charge in [0.1, 0.15) is 12.4 Å². The molecule has 4 heterocycles. The van der Waals surface area contributed by atoms with Crippen LogP contribution in [0.25, 0.3) is 22.3 Å². The first kappa shape index (κ1) is 20.0. The number of aromatic nitrogens is 2. The second-order valence-electron chi connectivity index (χ2n) is 7.77. The topological polar surface area (TPSA) is 98.5 Å². The van der Waals surface area contributed by atoms with Gasteiger partial charge < -0.3 is 14.4 Å². The van der Waals surface area contributed by atoms with Crippen molar-refractivity contribution in [1.82, 2.24) is 9.55 Å². The van der Waals surface area contributed by atoms with Crippen LogP contribution in [0.3, 0.4) is 0 Å². The average Bonchev–Trinajstić information content (AvgIpc) is 3.11. The first-order valence-corrected chi connectivity index (χ1v) is 11.2. The summed E-state index contributed by atoms with van der Waals surface area (Å²) in [5.74, 6) is -0.953. The molecule has 160 valence electrons. The molecule has 5 rings (SSSR count). The summed E-state index contributed by atoms with van der Waals surface area (Å²) in [6, 6.07) is 2.90. The fourth-order valence-electron chi connectivity index (χ4n) is 4.47. The Balaban J connectivity index is 1.84. The number of benzene rings is 1. The molecule has 1 aromatic carbocycles. The van der Waals surface area contributed by atoms with Crippen molar-refractivity contribution in [3.05, 3.63) is 56.1 Å². The second-order valence-corrected chi connectivity index (χ2v) is 9.45. The molecule has 3 aromatic rings. The lowest BCUT2D eigenvalue weighted by molar-refractivity contribution is -0.157. The van der Waals surface area contributed by atoms with E-state index in [4.69, 9.17) is 4.74 Å². The third kappa shape index (κ3) is 2.66. The van der Waals surface area contributed by atoms with E-state index in [0.717, 1.165) is 11.1 Å². The molecule has 31 heavy (non-hydrogen) atoms. The Morgan fingerprint density at radius 1 is 1.26 bits per heavy atom. The first-order valence-electron chi connectivity index (χ1n) is 9.86. The number of carbonyl (C=O) groups excluding carboxylic acids is 1. The third-order valence-electron chi connectivity index (χ3n) is 6.15. The predicted molar refractivity (Wildman–Crippen MR) is 112 cm³/mol. The SMILES string of the molecule is CCS(=O)c1c(C)c(F)cc2nc3c(c(C)c12)Cn1c-3cc2c(c1=O)COC(=O)C2O. The highest BCUT2D eigenvalue weighted by molar-refractivity contribution is 7.85. The molecule has 0 radical (unpaired) electrons. The lowest BCUT2D eigenvalue weighted by Crippen LogP contribution is -2.32. The van der Waals surface area contributed by atoms with Crippen molar-refractivity contribution < 1.29 is 23.2 Å². The molecule has 2 unspecified atom stereocenters. The number of esters is 1. The normalized spacial score (nSPS) is 17.8. The van der Waals surface area contributed by atoms with Gasteiger partial charge in [-0.3, -0.25) is 9.00 Å². The van der Waals surface area contributed by atoms with Crippen LogP contribution in [0.15, 0.2) is 21.8 Å². The van der Waals surface area contributed by atoms with Crippen molar-refractivity contribution in [2.75, 3.05) is 5.75 Å². The Kier molecular flexibility index (Phi) is 4.39. The summed E-state index contributed by atoms with van der Waals surface area (Å²) in [4.78, 5) is 29.9. The van der Waals surface area contributed by atoms with E-state index in [1.807, 2.05) is 6.92 Å². The third-order valence-corrected chi connectivity index (χ3v) is 7.64. The van der Waals surface area contributed by atoms with Crippen LogP contribution in [0, 0.1) is 19.7 Å². The maximum absolute atomic E-state index is 14.7. The van der Waals surface area contributed by atoms with Gasteiger partial charge in [-0.25, -0.2) is 14.2 Å². The maximum Gasteiger partial charge on any atom is 0.340 e.